The van der Waals surface area contributed by atoms with E-state index in [1.54, 1.807) is 6.07 Å². The first-order chi connectivity index (χ1) is 11.1. The Bertz CT molecular complexity index is 556. The molecule has 0 spiro atoms. The molecule has 1 aromatic rings. The Morgan fingerprint density at radius 2 is 2.13 bits per heavy atom. The van der Waals surface area contributed by atoms with Crippen molar-refractivity contribution in [2.75, 3.05) is 32.8 Å². The smallest absolute Gasteiger partial charge is 0.254 e. The lowest BCUT2D eigenvalue weighted by Gasteiger charge is -2.48. The van der Waals surface area contributed by atoms with E-state index < -0.39 is 0 Å². The molecule has 4 nitrogen and oxygen atoms in total. The quantitative estimate of drug-likeness (QED) is 0.858. The Hall–Kier alpha value is -1.46. The molecule has 23 heavy (non-hydrogen) atoms. The zero-order valence-electron chi connectivity index (χ0n) is 13.9. The van der Waals surface area contributed by atoms with Crippen molar-refractivity contribution in [2.45, 2.75) is 38.8 Å². The van der Waals surface area contributed by atoms with Crippen LogP contribution < -0.4 is 0 Å². The van der Waals surface area contributed by atoms with Gasteiger partial charge in [0.15, 0.2) is 0 Å². The number of fused-ring (bicyclic) bond motifs is 1. The average Bonchev–Trinajstić information content (AvgIpc) is 2.53. The van der Waals surface area contributed by atoms with Gasteiger partial charge in [0.1, 0.15) is 5.82 Å². The van der Waals surface area contributed by atoms with Crippen molar-refractivity contribution < 1.29 is 13.9 Å². The molecule has 0 bridgehead atoms. The molecule has 0 saturated carbocycles. The zero-order valence-corrected chi connectivity index (χ0v) is 13.9. The predicted octanol–water partition coefficient (Wildman–Crippen LogP) is 2.46. The molecule has 0 N–H and O–H groups in total. The van der Waals surface area contributed by atoms with Gasteiger partial charge in [0, 0.05) is 31.2 Å². The van der Waals surface area contributed by atoms with Gasteiger partial charge in [-0.2, -0.15) is 0 Å². The third kappa shape index (κ3) is 3.56. The summed E-state index contributed by atoms with van der Waals surface area (Å²) in [6.07, 6.45) is 2.27. The van der Waals surface area contributed by atoms with Crippen molar-refractivity contribution in [1.82, 2.24) is 9.80 Å². The Morgan fingerprint density at radius 3 is 2.87 bits per heavy atom. The number of rotatable bonds is 3. The number of morpholine rings is 1. The molecule has 126 valence electrons. The maximum absolute atomic E-state index is 13.6. The van der Waals surface area contributed by atoms with E-state index in [9.17, 15) is 9.18 Å². The summed E-state index contributed by atoms with van der Waals surface area (Å²) in [5.41, 5.74) is 1.22. The van der Waals surface area contributed by atoms with Gasteiger partial charge in [0.05, 0.1) is 19.3 Å². The molecular weight excluding hydrogens is 295 g/mol. The molecule has 3 rings (SSSR count). The van der Waals surface area contributed by atoms with Gasteiger partial charge < -0.3 is 9.64 Å². The van der Waals surface area contributed by atoms with Crippen LogP contribution in [0.25, 0.3) is 0 Å². The van der Waals surface area contributed by atoms with Crippen molar-refractivity contribution in [3.05, 3.63) is 35.1 Å². The van der Waals surface area contributed by atoms with Gasteiger partial charge in [0.2, 0.25) is 0 Å². The number of carbonyl (C=O) groups excluding carboxylic acids is 1. The third-order valence-electron chi connectivity index (χ3n) is 4.82. The minimum absolute atomic E-state index is 0.0788. The lowest BCUT2D eigenvalue weighted by molar-refractivity contribution is -0.0776. The summed E-state index contributed by atoms with van der Waals surface area (Å²) < 4.78 is 19.3. The number of carbonyl (C=O) groups is 1. The zero-order chi connectivity index (χ0) is 16.4. The highest BCUT2D eigenvalue weighted by atomic mass is 19.1. The molecule has 5 heteroatoms. The van der Waals surface area contributed by atoms with Gasteiger partial charge >= 0.3 is 0 Å². The summed E-state index contributed by atoms with van der Waals surface area (Å²) in [6, 6.07) is 5.26. The standard InChI is InChI=1S/C18H25FN2O2/c1-3-4-16-11-23-12-17-10-20(5-6-21(16)17)18(22)14-7-13(2)8-15(19)9-14/h7-9,16-17H,3-6,10-12H2,1-2H3/t16-,17+/m0/s1. The minimum atomic E-state index is -0.351. The first-order valence-electron chi connectivity index (χ1n) is 8.48. The molecule has 2 fully saturated rings. The van der Waals surface area contributed by atoms with E-state index >= 15 is 0 Å². The Morgan fingerprint density at radius 1 is 1.30 bits per heavy atom. The first-order valence-corrected chi connectivity index (χ1v) is 8.48. The van der Waals surface area contributed by atoms with Crippen molar-refractivity contribution in [3.63, 3.8) is 0 Å². The third-order valence-corrected chi connectivity index (χ3v) is 4.82. The molecule has 0 unspecified atom stereocenters. The van der Waals surface area contributed by atoms with Crippen LogP contribution in [-0.4, -0.2) is 60.6 Å². The molecule has 2 saturated heterocycles. The summed E-state index contributed by atoms with van der Waals surface area (Å²) in [5, 5.41) is 0. The van der Waals surface area contributed by atoms with Crippen LogP contribution in [-0.2, 0) is 4.74 Å². The number of benzene rings is 1. The van der Waals surface area contributed by atoms with Crippen molar-refractivity contribution >= 4 is 5.91 Å². The normalized spacial score (nSPS) is 25.3. The number of amides is 1. The molecule has 1 aromatic carbocycles. The van der Waals surface area contributed by atoms with E-state index in [2.05, 4.69) is 11.8 Å². The Labute approximate surface area is 137 Å². The van der Waals surface area contributed by atoms with Gasteiger partial charge in [-0.1, -0.05) is 13.3 Å². The Balaban J connectivity index is 1.70. The van der Waals surface area contributed by atoms with E-state index in [0.29, 0.717) is 31.3 Å². The van der Waals surface area contributed by atoms with Crippen LogP contribution >= 0.6 is 0 Å². The Kier molecular flexibility index (Phi) is 4.97. The van der Waals surface area contributed by atoms with Crippen LogP contribution in [0.4, 0.5) is 4.39 Å². The van der Waals surface area contributed by atoms with Crippen LogP contribution in [0.3, 0.4) is 0 Å². The van der Waals surface area contributed by atoms with Crippen molar-refractivity contribution in [1.29, 1.82) is 0 Å². The van der Waals surface area contributed by atoms with Crippen LogP contribution in [0, 0.1) is 12.7 Å². The van der Waals surface area contributed by atoms with Crippen LogP contribution in [0.1, 0.15) is 35.7 Å². The van der Waals surface area contributed by atoms with E-state index in [4.69, 9.17) is 4.74 Å². The largest absolute Gasteiger partial charge is 0.378 e. The van der Waals surface area contributed by atoms with Gasteiger partial charge in [-0.3, -0.25) is 9.69 Å². The van der Waals surface area contributed by atoms with Gasteiger partial charge in [-0.05, 0) is 37.1 Å². The number of ether oxygens (including phenoxy) is 1. The average molecular weight is 320 g/mol. The maximum Gasteiger partial charge on any atom is 0.254 e. The van der Waals surface area contributed by atoms with E-state index in [1.165, 1.54) is 12.1 Å². The van der Waals surface area contributed by atoms with Crippen LogP contribution in [0.15, 0.2) is 18.2 Å². The summed E-state index contributed by atoms with van der Waals surface area (Å²) in [4.78, 5) is 17.0. The van der Waals surface area contributed by atoms with Crippen molar-refractivity contribution in [3.8, 4) is 0 Å². The molecule has 2 heterocycles. The van der Waals surface area contributed by atoms with E-state index in [-0.39, 0.29) is 17.8 Å². The molecule has 2 atom stereocenters. The topological polar surface area (TPSA) is 32.8 Å². The number of hydrogen-bond donors (Lipinski definition) is 0. The van der Waals surface area contributed by atoms with Gasteiger partial charge in [-0.25, -0.2) is 4.39 Å². The SMILES string of the molecule is CCC[C@H]1COC[C@H]2CN(C(=O)c3cc(C)cc(F)c3)CCN12. The summed E-state index contributed by atoms with van der Waals surface area (Å²) in [6.45, 7) is 7.70. The summed E-state index contributed by atoms with van der Waals surface area (Å²) in [7, 11) is 0. The highest BCUT2D eigenvalue weighted by Crippen LogP contribution is 2.23. The number of aryl methyl sites for hydroxylation is 1. The molecule has 0 aromatic heterocycles. The monoisotopic (exact) mass is 320 g/mol. The molecule has 0 aliphatic carbocycles. The van der Waals surface area contributed by atoms with Crippen LogP contribution in [0.2, 0.25) is 0 Å². The maximum atomic E-state index is 13.6. The second-order valence-corrected chi connectivity index (χ2v) is 6.64. The first kappa shape index (κ1) is 16.4. The second kappa shape index (κ2) is 6.97. The predicted molar refractivity (Wildman–Crippen MR) is 87.0 cm³/mol. The van der Waals surface area contributed by atoms with E-state index in [1.807, 2.05) is 11.8 Å². The van der Waals surface area contributed by atoms with E-state index in [0.717, 1.165) is 31.6 Å². The molecular formula is C18H25FN2O2. The summed E-state index contributed by atoms with van der Waals surface area (Å²) >= 11 is 0. The summed E-state index contributed by atoms with van der Waals surface area (Å²) in [5.74, 6) is -0.430. The van der Waals surface area contributed by atoms with Crippen molar-refractivity contribution in [2.24, 2.45) is 0 Å². The number of halogens is 1. The highest BCUT2D eigenvalue weighted by molar-refractivity contribution is 5.94. The fourth-order valence-electron chi connectivity index (χ4n) is 3.74. The second-order valence-electron chi connectivity index (χ2n) is 6.64. The highest BCUT2D eigenvalue weighted by Gasteiger charge is 2.36. The molecule has 2 aliphatic heterocycles. The van der Waals surface area contributed by atoms with Crippen LogP contribution in [0.5, 0.6) is 0 Å². The lowest BCUT2D eigenvalue weighted by Crippen LogP contribution is -2.62. The molecule has 2 aliphatic rings. The number of nitrogens with zero attached hydrogens (tertiary/aromatic N) is 2. The number of hydrogen-bond acceptors (Lipinski definition) is 3. The fraction of sp³-hybridized carbons (Fsp3) is 0.611. The fourth-order valence-corrected chi connectivity index (χ4v) is 3.74. The van der Waals surface area contributed by atoms with Gasteiger partial charge in [0.25, 0.3) is 5.91 Å². The minimum Gasteiger partial charge on any atom is -0.378 e. The molecule has 1 amide bonds. The molecule has 0 radical (unpaired) electrons. The van der Waals surface area contributed by atoms with Gasteiger partial charge in [-0.15, -0.1) is 0 Å². The number of piperazine rings is 1. The lowest BCUT2D eigenvalue weighted by atomic mass is 10.0.